The number of hydrogen-bond donors (Lipinski definition) is 2. The molecule has 0 radical (unpaired) electrons. The molecule has 1 fully saturated rings. The van der Waals surface area contributed by atoms with Crippen molar-refractivity contribution in [3.63, 3.8) is 0 Å². The molecule has 7 heteroatoms. The van der Waals surface area contributed by atoms with E-state index in [9.17, 15) is 4.79 Å². The molecule has 0 aliphatic carbocycles. The molecule has 1 saturated heterocycles. The molecule has 0 aromatic heterocycles. The number of carbonyl (C=O) groups is 1. The van der Waals surface area contributed by atoms with E-state index in [-0.39, 0.29) is 11.4 Å². The van der Waals surface area contributed by atoms with Crippen molar-refractivity contribution in [3.8, 4) is 5.75 Å². The zero-order valence-electron chi connectivity index (χ0n) is 17.4. The Hall–Kier alpha value is -1.97. The van der Waals surface area contributed by atoms with Crippen LogP contribution in [-0.4, -0.2) is 11.4 Å². The van der Waals surface area contributed by atoms with Gasteiger partial charge in [-0.25, -0.2) is 0 Å². The molecule has 3 aromatic rings. The fraction of sp³-hybridized carbons (Fsp3) is 0.160. The Bertz CT molecular complexity index is 1130. The van der Waals surface area contributed by atoms with E-state index in [1.165, 1.54) is 20.9 Å². The second-order valence-electron chi connectivity index (χ2n) is 7.27. The normalized spacial score (nSPS) is 16.8. The summed E-state index contributed by atoms with van der Waals surface area (Å²) in [5.41, 5.74) is 4.00. The fourth-order valence-electron chi connectivity index (χ4n) is 3.20. The molecule has 0 unspecified atom stereocenters. The first kappa shape index (κ1) is 23.2. The van der Waals surface area contributed by atoms with Crippen LogP contribution in [0.2, 0.25) is 0 Å². The SMILES string of the molecule is CCc1ccc(N[C@@H]2NC(=O)/C(=C/c3cc(Br)ccc3OCc3ccc(I)cc3)S2)cc1. The molecule has 1 heterocycles. The predicted molar refractivity (Wildman–Crippen MR) is 145 cm³/mol. The molecule has 1 atom stereocenters. The monoisotopic (exact) mass is 620 g/mol. The van der Waals surface area contributed by atoms with Gasteiger partial charge >= 0.3 is 0 Å². The third-order valence-corrected chi connectivity index (χ3v) is 7.20. The molecule has 32 heavy (non-hydrogen) atoms. The summed E-state index contributed by atoms with van der Waals surface area (Å²) in [5, 5.41) is 6.35. The van der Waals surface area contributed by atoms with E-state index in [4.69, 9.17) is 4.74 Å². The van der Waals surface area contributed by atoms with Crippen LogP contribution in [0.5, 0.6) is 5.75 Å². The summed E-state index contributed by atoms with van der Waals surface area (Å²) in [6.07, 6.45) is 2.89. The minimum Gasteiger partial charge on any atom is -0.488 e. The van der Waals surface area contributed by atoms with Gasteiger partial charge in [-0.3, -0.25) is 4.79 Å². The maximum absolute atomic E-state index is 12.6. The summed E-state index contributed by atoms with van der Waals surface area (Å²) >= 11 is 7.28. The van der Waals surface area contributed by atoms with Gasteiger partial charge in [0.1, 0.15) is 12.4 Å². The van der Waals surface area contributed by atoms with Crippen molar-refractivity contribution >= 4 is 68.0 Å². The first-order valence-electron chi connectivity index (χ1n) is 10.2. The number of halogens is 2. The summed E-state index contributed by atoms with van der Waals surface area (Å²) in [4.78, 5) is 13.2. The van der Waals surface area contributed by atoms with E-state index in [2.05, 4.69) is 92.5 Å². The van der Waals surface area contributed by atoms with Gasteiger partial charge in [0.05, 0.1) is 4.91 Å². The van der Waals surface area contributed by atoms with Gasteiger partial charge in [-0.2, -0.15) is 0 Å². The Labute approximate surface area is 214 Å². The Kier molecular flexibility index (Phi) is 7.80. The number of anilines is 1. The van der Waals surface area contributed by atoms with E-state index in [0.717, 1.165) is 33.5 Å². The quantitative estimate of drug-likeness (QED) is 0.225. The van der Waals surface area contributed by atoms with Crippen LogP contribution >= 0.6 is 50.3 Å². The van der Waals surface area contributed by atoms with Crippen LogP contribution in [0.15, 0.2) is 76.1 Å². The molecule has 0 spiro atoms. The second-order valence-corrected chi connectivity index (χ2v) is 10.6. The smallest absolute Gasteiger partial charge is 0.260 e. The Morgan fingerprint density at radius 3 is 2.53 bits per heavy atom. The number of benzene rings is 3. The minimum absolute atomic E-state index is 0.0961. The Balaban J connectivity index is 1.47. The number of carbonyl (C=O) groups excluding carboxylic acids is 1. The molecule has 4 nitrogen and oxygen atoms in total. The van der Waals surface area contributed by atoms with Crippen LogP contribution in [0, 0.1) is 3.57 Å². The average molecular weight is 621 g/mol. The van der Waals surface area contributed by atoms with Gasteiger partial charge in [-0.05, 0) is 88.7 Å². The number of amides is 1. The number of hydrogen-bond acceptors (Lipinski definition) is 4. The first-order chi connectivity index (χ1) is 15.5. The van der Waals surface area contributed by atoms with Gasteiger partial charge < -0.3 is 15.4 Å². The number of thioether (sulfide) groups is 1. The van der Waals surface area contributed by atoms with Gasteiger partial charge in [0.25, 0.3) is 5.91 Å². The topological polar surface area (TPSA) is 50.4 Å². The summed E-state index contributed by atoms with van der Waals surface area (Å²) in [5.74, 6) is 0.639. The highest BCUT2D eigenvalue weighted by molar-refractivity contribution is 14.1. The van der Waals surface area contributed by atoms with E-state index in [0.29, 0.717) is 11.5 Å². The van der Waals surface area contributed by atoms with Gasteiger partial charge in [0.2, 0.25) is 0 Å². The molecule has 1 amide bonds. The summed E-state index contributed by atoms with van der Waals surface area (Å²) in [6, 6.07) is 22.3. The highest BCUT2D eigenvalue weighted by atomic mass is 127. The lowest BCUT2D eigenvalue weighted by molar-refractivity contribution is -0.116. The standard InChI is InChI=1S/C25H22BrIN2O2S/c1-2-16-5-10-21(11-6-16)28-25-29-24(30)23(32-25)14-18-13-19(26)7-12-22(18)31-15-17-3-8-20(27)9-4-17/h3-14,25,28H,2,15H2,1H3,(H,29,30)/b23-14-/t25-/m1/s1. The number of aryl methyl sites for hydroxylation is 1. The zero-order valence-corrected chi connectivity index (χ0v) is 22.0. The molecule has 164 valence electrons. The summed E-state index contributed by atoms with van der Waals surface area (Å²) in [6.45, 7) is 2.60. The highest BCUT2D eigenvalue weighted by Crippen LogP contribution is 2.33. The van der Waals surface area contributed by atoms with Crippen molar-refractivity contribution in [2.75, 3.05) is 5.32 Å². The number of nitrogens with one attached hydrogen (secondary N) is 2. The first-order valence-corrected chi connectivity index (χ1v) is 13.0. The number of ether oxygens (including phenoxy) is 1. The van der Waals surface area contributed by atoms with Gasteiger partial charge in [-0.1, -0.05) is 58.9 Å². The molecular weight excluding hydrogens is 599 g/mol. The maximum Gasteiger partial charge on any atom is 0.260 e. The fourth-order valence-corrected chi connectivity index (χ4v) is 4.91. The van der Waals surface area contributed by atoms with Crippen molar-refractivity contribution in [3.05, 3.63) is 96.4 Å². The highest BCUT2D eigenvalue weighted by Gasteiger charge is 2.27. The van der Waals surface area contributed by atoms with Crippen molar-refractivity contribution < 1.29 is 9.53 Å². The summed E-state index contributed by atoms with van der Waals surface area (Å²) in [7, 11) is 0. The van der Waals surface area contributed by atoms with Crippen LogP contribution in [-0.2, 0) is 17.8 Å². The summed E-state index contributed by atoms with van der Waals surface area (Å²) < 4.78 is 8.20. The van der Waals surface area contributed by atoms with Gasteiger partial charge in [-0.15, -0.1) is 0 Å². The molecule has 3 aromatic carbocycles. The van der Waals surface area contributed by atoms with Crippen molar-refractivity contribution in [2.24, 2.45) is 0 Å². The van der Waals surface area contributed by atoms with Gasteiger partial charge in [0.15, 0.2) is 5.50 Å². The molecule has 1 aliphatic heterocycles. The lowest BCUT2D eigenvalue weighted by atomic mass is 10.1. The van der Waals surface area contributed by atoms with Crippen LogP contribution in [0.4, 0.5) is 5.69 Å². The Morgan fingerprint density at radius 1 is 1.09 bits per heavy atom. The molecule has 0 saturated carbocycles. The van der Waals surface area contributed by atoms with Crippen molar-refractivity contribution in [1.82, 2.24) is 5.32 Å². The van der Waals surface area contributed by atoms with Crippen LogP contribution in [0.1, 0.15) is 23.6 Å². The second kappa shape index (κ2) is 10.8. The zero-order chi connectivity index (χ0) is 22.5. The van der Waals surface area contributed by atoms with Crippen molar-refractivity contribution in [1.29, 1.82) is 0 Å². The molecule has 4 rings (SSSR count). The van der Waals surface area contributed by atoms with E-state index >= 15 is 0 Å². The third-order valence-electron chi connectivity index (χ3n) is 4.96. The molecule has 1 aliphatic rings. The predicted octanol–water partition coefficient (Wildman–Crippen LogP) is 6.79. The minimum atomic E-state index is -0.218. The average Bonchev–Trinajstić information content (AvgIpc) is 3.13. The third kappa shape index (κ3) is 6.08. The van der Waals surface area contributed by atoms with Crippen LogP contribution in [0.25, 0.3) is 6.08 Å². The molecule has 2 N–H and O–H groups in total. The lowest BCUT2D eigenvalue weighted by Gasteiger charge is -2.13. The van der Waals surface area contributed by atoms with E-state index in [1.807, 2.05) is 36.4 Å². The lowest BCUT2D eigenvalue weighted by Crippen LogP contribution is -2.30. The largest absolute Gasteiger partial charge is 0.488 e. The maximum atomic E-state index is 12.6. The van der Waals surface area contributed by atoms with Gasteiger partial charge in [0, 0.05) is 19.3 Å². The molecule has 0 bridgehead atoms. The number of rotatable bonds is 7. The van der Waals surface area contributed by atoms with E-state index < -0.39 is 0 Å². The Morgan fingerprint density at radius 2 is 1.81 bits per heavy atom. The van der Waals surface area contributed by atoms with Crippen LogP contribution < -0.4 is 15.4 Å². The van der Waals surface area contributed by atoms with Crippen LogP contribution in [0.3, 0.4) is 0 Å². The molecular formula is C25H22BrIN2O2S. The van der Waals surface area contributed by atoms with Crippen molar-refractivity contribution in [2.45, 2.75) is 25.4 Å². The van der Waals surface area contributed by atoms with E-state index in [1.54, 1.807) is 0 Å².